The molecule has 0 saturated carbocycles. The molecule has 0 amide bonds. The van der Waals surface area contributed by atoms with Gasteiger partial charge in [0.15, 0.2) is 0 Å². The lowest BCUT2D eigenvalue weighted by atomic mass is 10.1. The van der Waals surface area contributed by atoms with E-state index in [2.05, 4.69) is 10.4 Å². The molecule has 4 heteroatoms. The maximum absolute atomic E-state index is 13.7. The largest absolute Gasteiger partial charge is 0.376 e. The van der Waals surface area contributed by atoms with Crippen molar-refractivity contribution >= 4 is 5.69 Å². The van der Waals surface area contributed by atoms with E-state index in [9.17, 15) is 4.39 Å². The summed E-state index contributed by atoms with van der Waals surface area (Å²) >= 11 is 0. The van der Waals surface area contributed by atoms with E-state index >= 15 is 0 Å². The van der Waals surface area contributed by atoms with Crippen molar-refractivity contribution in [2.24, 2.45) is 7.05 Å². The molecule has 1 unspecified atom stereocenters. The Bertz CT molecular complexity index is 560. The van der Waals surface area contributed by atoms with Crippen LogP contribution in [-0.2, 0) is 7.05 Å². The molecule has 0 fully saturated rings. The van der Waals surface area contributed by atoms with Crippen LogP contribution in [0.25, 0.3) is 0 Å². The Balaban J connectivity index is 2.23. The van der Waals surface area contributed by atoms with Gasteiger partial charge in [-0.25, -0.2) is 4.39 Å². The fourth-order valence-electron chi connectivity index (χ4n) is 2.10. The number of aromatic nitrogens is 2. The highest BCUT2D eigenvalue weighted by Crippen LogP contribution is 2.24. The fraction of sp³-hybridized carbons (Fsp3) is 0.357. The van der Waals surface area contributed by atoms with E-state index in [-0.39, 0.29) is 11.9 Å². The Morgan fingerprint density at radius 1 is 1.33 bits per heavy atom. The molecule has 2 aromatic rings. The van der Waals surface area contributed by atoms with Gasteiger partial charge in [-0.2, -0.15) is 5.10 Å². The first-order valence-electron chi connectivity index (χ1n) is 6.00. The number of nitrogens with one attached hydrogen (secondary N) is 1. The minimum Gasteiger partial charge on any atom is -0.376 e. The minimum atomic E-state index is -0.228. The van der Waals surface area contributed by atoms with Crippen molar-refractivity contribution < 1.29 is 4.39 Å². The van der Waals surface area contributed by atoms with Crippen LogP contribution in [0.4, 0.5) is 10.1 Å². The normalized spacial score (nSPS) is 12.5. The molecular weight excluding hydrogens is 229 g/mol. The quantitative estimate of drug-likeness (QED) is 0.901. The first-order valence-corrected chi connectivity index (χ1v) is 6.00. The minimum absolute atomic E-state index is 0.0231. The summed E-state index contributed by atoms with van der Waals surface area (Å²) < 4.78 is 15.4. The molecule has 96 valence electrons. The molecule has 1 aromatic carbocycles. The monoisotopic (exact) mass is 247 g/mol. The van der Waals surface area contributed by atoms with Crippen molar-refractivity contribution in [2.75, 3.05) is 5.32 Å². The first-order chi connectivity index (χ1) is 8.47. The van der Waals surface area contributed by atoms with Crippen LogP contribution in [0.5, 0.6) is 0 Å². The molecule has 2 rings (SSSR count). The highest BCUT2D eigenvalue weighted by Gasteiger charge is 2.13. The van der Waals surface area contributed by atoms with E-state index < -0.39 is 0 Å². The molecule has 18 heavy (non-hydrogen) atoms. The molecule has 1 heterocycles. The van der Waals surface area contributed by atoms with Gasteiger partial charge < -0.3 is 5.32 Å². The average molecular weight is 247 g/mol. The van der Waals surface area contributed by atoms with Crippen LogP contribution < -0.4 is 5.32 Å². The van der Waals surface area contributed by atoms with Crippen molar-refractivity contribution in [2.45, 2.75) is 26.8 Å². The zero-order valence-corrected chi connectivity index (χ0v) is 11.2. The van der Waals surface area contributed by atoms with E-state index in [0.717, 1.165) is 16.8 Å². The molecule has 0 spiro atoms. The van der Waals surface area contributed by atoms with Crippen LogP contribution in [0.2, 0.25) is 0 Å². The molecule has 1 N–H and O–H groups in total. The summed E-state index contributed by atoms with van der Waals surface area (Å²) in [6.45, 7) is 5.91. The van der Waals surface area contributed by atoms with Gasteiger partial charge in [-0.15, -0.1) is 0 Å². The number of rotatable bonds is 3. The predicted octanol–water partition coefficient (Wildman–Crippen LogP) is 3.35. The summed E-state index contributed by atoms with van der Waals surface area (Å²) in [6.07, 6.45) is 1.96. The number of hydrogen-bond acceptors (Lipinski definition) is 2. The Kier molecular flexibility index (Phi) is 3.36. The molecule has 0 bridgehead atoms. The Morgan fingerprint density at radius 2 is 2.06 bits per heavy atom. The van der Waals surface area contributed by atoms with Crippen LogP contribution in [-0.4, -0.2) is 9.78 Å². The van der Waals surface area contributed by atoms with Crippen molar-refractivity contribution in [3.63, 3.8) is 0 Å². The number of aryl methyl sites for hydroxylation is 3. The second kappa shape index (κ2) is 4.80. The maximum atomic E-state index is 13.7. The summed E-state index contributed by atoms with van der Waals surface area (Å²) in [5.74, 6) is -0.228. The molecule has 3 nitrogen and oxygen atoms in total. The Morgan fingerprint density at radius 3 is 2.67 bits per heavy atom. The van der Waals surface area contributed by atoms with Gasteiger partial charge >= 0.3 is 0 Å². The standard InChI is InChI=1S/C14H18FN3/c1-9-5-6-13(15)14(7-9)16-10(2)12-8-18(4)17-11(12)3/h5-8,10,16H,1-4H3. The fourth-order valence-corrected chi connectivity index (χ4v) is 2.10. The Hall–Kier alpha value is -1.84. The van der Waals surface area contributed by atoms with E-state index in [4.69, 9.17) is 0 Å². The lowest BCUT2D eigenvalue weighted by Gasteiger charge is -2.15. The van der Waals surface area contributed by atoms with Crippen molar-refractivity contribution in [1.29, 1.82) is 0 Å². The van der Waals surface area contributed by atoms with Crippen LogP contribution in [0.3, 0.4) is 0 Å². The lowest BCUT2D eigenvalue weighted by Crippen LogP contribution is -2.08. The van der Waals surface area contributed by atoms with Gasteiger partial charge in [-0.3, -0.25) is 4.68 Å². The van der Waals surface area contributed by atoms with Crippen LogP contribution in [0, 0.1) is 19.7 Å². The van der Waals surface area contributed by atoms with E-state index in [1.54, 1.807) is 10.7 Å². The van der Waals surface area contributed by atoms with Crippen molar-refractivity contribution in [3.8, 4) is 0 Å². The molecule has 0 aliphatic carbocycles. The molecular formula is C14H18FN3. The van der Waals surface area contributed by atoms with Gasteiger partial charge in [0, 0.05) is 18.8 Å². The predicted molar refractivity (Wildman–Crippen MR) is 71.1 cm³/mol. The smallest absolute Gasteiger partial charge is 0.146 e. The molecule has 1 atom stereocenters. The van der Waals surface area contributed by atoms with Gasteiger partial charge in [0.2, 0.25) is 0 Å². The summed E-state index contributed by atoms with van der Waals surface area (Å²) in [5, 5.41) is 7.49. The summed E-state index contributed by atoms with van der Waals surface area (Å²) in [7, 11) is 1.89. The number of hydrogen-bond donors (Lipinski definition) is 1. The van der Waals surface area contributed by atoms with Gasteiger partial charge in [0.25, 0.3) is 0 Å². The van der Waals surface area contributed by atoms with Gasteiger partial charge in [-0.05, 0) is 38.5 Å². The van der Waals surface area contributed by atoms with Crippen LogP contribution >= 0.6 is 0 Å². The van der Waals surface area contributed by atoms with Crippen LogP contribution in [0.1, 0.15) is 29.8 Å². The zero-order chi connectivity index (χ0) is 13.3. The lowest BCUT2D eigenvalue weighted by molar-refractivity contribution is 0.627. The van der Waals surface area contributed by atoms with E-state index in [1.807, 2.05) is 40.1 Å². The highest BCUT2D eigenvalue weighted by atomic mass is 19.1. The summed E-state index contributed by atoms with van der Waals surface area (Å²) in [6, 6.07) is 5.09. The van der Waals surface area contributed by atoms with Gasteiger partial charge in [-0.1, -0.05) is 6.07 Å². The number of halogens is 1. The third kappa shape index (κ3) is 2.53. The van der Waals surface area contributed by atoms with Crippen molar-refractivity contribution in [3.05, 3.63) is 47.0 Å². The number of benzene rings is 1. The van der Waals surface area contributed by atoms with Gasteiger partial charge in [0.1, 0.15) is 5.82 Å². The van der Waals surface area contributed by atoms with Crippen molar-refractivity contribution in [1.82, 2.24) is 9.78 Å². The van der Waals surface area contributed by atoms with E-state index in [1.165, 1.54) is 6.07 Å². The zero-order valence-electron chi connectivity index (χ0n) is 11.2. The second-order valence-corrected chi connectivity index (χ2v) is 4.69. The second-order valence-electron chi connectivity index (χ2n) is 4.69. The maximum Gasteiger partial charge on any atom is 0.146 e. The number of anilines is 1. The third-order valence-corrected chi connectivity index (χ3v) is 3.01. The topological polar surface area (TPSA) is 29.9 Å². The van der Waals surface area contributed by atoms with Crippen LogP contribution in [0.15, 0.2) is 24.4 Å². The number of nitrogens with zero attached hydrogens (tertiary/aromatic N) is 2. The summed E-state index contributed by atoms with van der Waals surface area (Å²) in [4.78, 5) is 0. The van der Waals surface area contributed by atoms with E-state index in [0.29, 0.717) is 5.69 Å². The molecule has 1 aromatic heterocycles. The third-order valence-electron chi connectivity index (χ3n) is 3.01. The summed E-state index contributed by atoms with van der Waals surface area (Å²) in [5.41, 5.74) is 3.61. The molecule has 0 radical (unpaired) electrons. The average Bonchev–Trinajstić information content (AvgIpc) is 2.63. The SMILES string of the molecule is Cc1ccc(F)c(NC(C)c2cn(C)nc2C)c1. The van der Waals surface area contributed by atoms with Gasteiger partial charge in [0.05, 0.1) is 17.4 Å². The highest BCUT2D eigenvalue weighted by molar-refractivity contribution is 5.49. The molecule has 0 aliphatic heterocycles. The Labute approximate surface area is 107 Å². The first kappa shape index (κ1) is 12.6. The molecule has 0 saturated heterocycles. The molecule has 0 aliphatic rings.